The summed E-state index contributed by atoms with van der Waals surface area (Å²) in [6.45, 7) is 9.71. The molecule has 0 atom stereocenters. The molecular formula is C28H34F2N6O2. The zero-order valence-electron chi connectivity index (χ0n) is 22.0. The van der Waals surface area contributed by atoms with Crippen molar-refractivity contribution in [2.45, 2.75) is 58.5 Å². The zero-order valence-corrected chi connectivity index (χ0v) is 22.0. The van der Waals surface area contributed by atoms with Crippen LogP contribution in [0, 0.1) is 19.8 Å². The summed E-state index contributed by atoms with van der Waals surface area (Å²) in [6, 6.07) is 2.12. The molecule has 4 aromatic heterocycles. The molecule has 8 nitrogen and oxygen atoms in total. The third-order valence-electron chi connectivity index (χ3n) is 8.02. The Labute approximate surface area is 220 Å². The number of fused-ring (bicyclic) bond motifs is 1. The van der Waals surface area contributed by atoms with Crippen LogP contribution in [-0.2, 0) is 17.8 Å². The highest BCUT2D eigenvalue weighted by Gasteiger charge is 2.35. The predicted molar refractivity (Wildman–Crippen MR) is 140 cm³/mol. The molecular weight excluding hydrogens is 490 g/mol. The normalized spacial score (nSPS) is 18.9. The maximum absolute atomic E-state index is 13.8. The molecule has 202 valence electrons. The van der Waals surface area contributed by atoms with E-state index in [2.05, 4.69) is 38.2 Å². The van der Waals surface area contributed by atoms with Gasteiger partial charge in [-0.3, -0.25) is 14.6 Å². The highest BCUT2D eigenvalue weighted by atomic mass is 19.3. The van der Waals surface area contributed by atoms with Gasteiger partial charge in [0.25, 0.3) is 0 Å². The van der Waals surface area contributed by atoms with Crippen LogP contribution in [-0.4, -0.2) is 68.2 Å². The minimum Gasteiger partial charge on any atom is -0.379 e. The third-order valence-corrected chi connectivity index (χ3v) is 8.02. The van der Waals surface area contributed by atoms with E-state index in [-0.39, 0.29) is 18.8 Å². The monoisotopic (exact) mass is 524 g/mol. The topological polar surface area (TPSA) is 74.1 Å². The molecule has 5 heterocycles. The van der Waals surface area contributed by atoms with Gasteiger partial charge in [0.1, 0.15) is 5.76 Å². The molecule has 0 unspecified atom stereocenters. The first-order chi connectivity index (χ1) is 18.4. The highest BCUT2D eigenvalue weighted by Crippen LogP contribution is 2.39. The van der Waals surface area contributed by atoms with E-state index in [1.54, 1.807) is 0 Å². The van der Waals surface area contributed by atoms with E-state index in [9.17, 15) is 8.78 Å². The van der Waals surface area contributed by atoms with Crippen molar-refractivity contribution in [2.75, 3.05) is 32.8 Å². The molecule has 1 aliphatic heterocycles. The van der Waals surface area contributed by atoms with Crippen molar-refractivity contribution in [3.8, 4) is 22.3 Å². The minimum absolute atomic E-state index is 0.0395. The highest BCUT2D eigenvalue weighted by molar-refractivity contribution is 5.94. The number of alkyl halides is 2. The van der Waals surface area contributed by atoms with Crippen LogP contribution in [0.3, 0.4) is 0 Å². The maximum Gasteiger partial charge on any atom is 0.248 e. The van der Waals surface area contributed by atoms with Crippen LogP contribution in [0.4, 0.5) is 8.78 Å². The molecule has 0 bridgehead atoms. The fourth-order valence-electron chi connectivity index (χ4n) is 5.81. The zero-order chi connectivity index (χ0) is 26.3. The average Bonchev–Trinajstić information content (AvgIpc) is 3.62. The second-order valence-electron chi connectivity index (χ2n) is 10.7. The van der Waals surface area contributed by atoms with Crippen LogP contribution in [0.25, 0.3) is 33.3 Å². The van der Waals surface area contributed by atoms with Crippen LogP contribution < -0.4 is 0 Å². The van der Waals surface area contributed by atoms with Crippen molar-refractivity contribution in [1.82, 2.24) is 29.4 Å². The molecule has 2 aliphatic rings. The van der Waals surface area contributed by atoms with Crippen molar-refractivity contribution in [3.63, 3.8) is 0 Å². The lowest BCUT2D eigenvalue weighted by Gasteiger charge is -2.28. The van der Waals surface area contributed by atoms with Gasteiger partial charge in [-0.25, -0.2) is 8.78 Å². The molecule has 1 saturated carbocycles. The van der Waals surface area contributed by atoms with E-state index in [0.717, 1.165) is 84.1 Å². The largest absolute Gasteiger partial charge is 0.379 e. The molecule has 0 spiro atoms. The molecule has 1 aliphatic carbocycles. The second kappa shape index (κ2) is 10.2. The maximum atomic E-state index is 13.8. The lowest BCUT2D eigenvalue weighted by Crippen LogP contribution is -2.38. The number of halogens is 2. The number of nitrogens with zero attached hydrogens (tertiary/aromatic N) is 6. The van der Waals surface area contributed by atoms with Gasteiger partial charge < -0.3 is 13.8 Å². The van der Waals surface area contributed by atoms with Crippen molar-refractivity contribution in [3.05, 3.63) is 42.3 Å². The predicted octanol–water partition coefficient (Wildman–Crippen LogP) is 5.33. The van der Waals surface area contributed by atoms with Crippen molar-refractivity contribution < 1.29 is 18.0 Å². The number of hydrogen-bond donors (Lipinski definition) is 0. The van der Waals surface area contributed by atoms with Crippen molar-refractivity contribution in [2.24, 2.45) is 5.92 Å². The summed E-state index contributed by atoms with van der Waals surface area (Å²) in [7, 11) is 0. The Bertz CT molecular complexity index is 1390. The Hall–Kier alpha value is -3.11. The Morgan fingerprint density at radius 3 is 2.55 bits per heavy atom. The molecule has 10 heteroatoms. The van der Waals surface area contributed by atoms with Gasteiger partial charge in [-0.1, -0.05) is 5.16 Å². The molecule has 0 N–H and O–H groups in total. The van der Waals surface area contributed by atoms with Gasteiger partial charge in [-0.2, -0.15) is 5.10 Å². The van der Waals surface area contributed by atoms with Gasteiger partial charge in [-0.15, -0.1) is 0 Å². The number of aromatic nitrogens is 5. The lowest BCUT2D eigenvalue weighted by molar-refractivity contribution is -0.0472. The Kier molecular flexibility index (Phi) is 6.77. The van der Waals surface area contributed by atoms with Gasteiger partial charge in [-0.05, 0) is 38.7 Å². The standard InChI is InChI=1S/C28H34F2N6O2/c1-19-26(20(2)38-33-19)22-13-25-27(31-14-22)24(18-35(25)16-21-3-5-28(29,30)6-4-21)23-15-32-36(17-23)8-7-34-9-11-37-12-10-34/h13-15,17-18,21H,3-12,16H2,1-2H3. The summed E-state index contributed by atoms with van der Waals surface area (Å²) in [5.41, 5.74) is 6.58. The van der Waals surface area contributed by atoms with Crippen LogP contribution in [0.15, 0.2) is 35.4 Å². The molecule has 38 heavy (non-hydrogen) atoms. The van der Waals surface area contributed by atoms with Gasteiger partial charge in [0.05, 0.1) is 42.7 Å². The third kappa shape index (κ3) is 5.11. The first kappa shape index (κ1) is 25.2. The smallest absolute Gasteiger partial charge is 0.248 e. The number of morpholine rings is 1. The summed E-state index contributed by atoms with van der Waals surface area (Å²) in [5.74, 6) is -1.58. The van der Waals surface area contributed by atoms with Crippen LogP contribution in [0.5, 0.6) is 0 Å². The van der Waals surface area contributed by atoms with Crippen LogP contribution in [0.2, 0.25) is 0 Å². The SMILES string of the molecule is Cc1noc(C)c1-c1cnc2c(-c3cnn(CCN4CCOCC4)c3)cn(CC3CCC(F)(F)CC3)c2c1. The quantitative estimate of drug-likeness (QED) is 0.325. The molecule has 0 radical (unpaired) electrons. The second-order valence-corrected chi connectivity index (χ2v) is 10.7. The van der Waals surface area contributed by atoms with Crippen molar-refractivity contribution in [1.29, 1.82) is 0 Å². The molecule has 6 rings (SSSR count). The fraction of sp³-hybridized carbons (Fsp3) is 0.536. The fourth-order valence-corrected chi connectivity index (χ4v) is 5.81. The van der Waals surface area contributed by atoms with Gasteiger partial charge >= 0.3 is 0 Å². The molecule has 0 aromatic carbocycles. The first-order valence-corrected chi connectivity index (χ1v) is 13.5. The summed E-state index contributed by atoms with van der Waals surface area (Å²) in [4.78, 5) is 7.28. The van der Waals surface area contributed by atoms with E-state index in [1.807, 2.05) is 30.9 Å². The number of ether oxygens (including phenoxy) is 1. The van der Waals surface area contributed by atoms with E-state index in [0.29, 0.717) is 19.4 Å². The number of hydrogen-bond acceptors (Lipinski definition) is 6. The lowest BCUT2D eigenvalue weighted by atomic mass is 9.87. The van der Waals surface area contributed by atoms with E-state index < -0.39 is 5.92 Å². The van der Waals surface area contributed by atoms with Crippen molar-refractivity contribution >= 4 is 11.0 Å². The number of rotatable bonds is 7. The van der Waals surface area contributed by atoms with Crippen LogP contribution in [0.1, 0.15) is 37.1 Å². The van der Waals surface area contributed by atoms with E-state index in [4.69, 9.17) is 14.2 Å². The first-order valence-electron chi connectivity index (χ1n) is 13.5. The summed E-state index contributed by atoms with van der Waals surface area (Å²) in [6.07, 6.45) is 8.92. The van der Waals surface area contributed by atoms with Crippen LogP contribution >= 0.6 is 0 Å². The van der Waals surface area contributed by atoms with E-state index in [1.165, 1.54) is 0 Å². The van der Waals surface area contributed by atoms with E-state index >= 15 is 0 Å². The van der Waals surface area contributed by atoms with Gasteiger partial charge in [0, 0.05) is 79.9 Å². The summed E-state index contributed by atoms with van der Waals surface area (Å²) in [5, 5.41) is 8.73. The molecule has 4 aromatic rings. The molecule has 1 saturated heterocycles. The Balaban J connectivity index is 1.32. The Morgan fingerprint density at radius 2 is 1.82 bits per heavy atom. The summed E-state index contributed by atoms with van der Waals surface area (Å²) < 4.78 is 42.7. The van der Waals surface area contributed by atoms with Gasteiger partial charge in [0.15, 0.2) is 0 Å². The number of pyridine rings is 1. The molecule has 0 amide bonds. The molecule has 2 fully saturated rings. The minimum atomic E-state index is -2.53. The van der Waals surface area contributed by atoms with Gasteiger partial charge in [0.2, 0.25) is 5.92 Å². The average molecular weight is 525 g/mol. The Morgan fingerprint density at radius 1 is 1.03 bits per heavy atom. The number of aryl methyl sites for hydroxylation is 2. The summed E-state index contributed by atoms with van der Waals surface area (Å²) >= 11 is 0.